The molecule has 0 aliphatic rings. The summed E-state index contributed by atoms with van der Waals surface area (Å²) in [6.07, 6.45) is 0. The zero-order valence-electron chi connectivity index (χ0n) is 13.9. The summed E-state index contributed by atoms with van der Waals surface area (Å²) in [5.74, 6) is 2.71. The third-order valence-corrected chi connectivity index (χ3v) is 4.27. The van der Waals surface area contributed by atoms with Gasteiger partial charge in [0.2, 0.25) is 0 Å². The third kappa shape index (κ3) is 4.87. The summed E-state index contributed by atoms with van der Waals surface area (Å²) in [5, 5.41) is 4.78. The van der Waals surface area contributed by atoms with E-state index < -0.39 is 0 Å². The highest BCUT2D eigenvalue weighted by atomic mass is 32.1. The van der Waals surface area contributed by atoms with Gasteiger partial charge in [-0.1, -0.05) is 6.07 Å². The van der Waals surface area contributed by atoms with Crippen LogP contribution in [0.3, 0.4) is 0 Å². The van der Waals surface area contributed by atoms with Gasteiger partial charge in [0.15, 0.2) is 6.61 Å². The highest BCUT2D eigenvalue weighted by Gasteiger charge is 2.08. The zero-order valence-corrected chi connectivity index (χ0v) is 14.7. The van der Waals surface area contributed by atoms with Crippen LogP contribution in [0.1, 0.15) is 12.7 Å². The zero-order chi connectivity index (χ0) is 17.5. The predicted octanol–water partition coefficient (Wildman–Crippen LogP) is 4.10. The van der Waals surface area contributed by atoms with Crippen molar-refractivity contribution in [3.8, 4) is 22.1 Å². The molecule has 0 aliphatic carbocycles. The number of furan rings is 1. The Morgan fingerprint density at radius 1 is 1.08 bits per heavy atom. The van der Waals surface area contributed by atoms with Crippen molar-refractivity contribution < 1.29 is 18.7 Å². The van der Waals surface area contributed by atoms with Crippen molar-refractivity contribution in [3.63, 3.8) is 0 Å². The first-order valence-corrected chi connectivity index (χ1v) is 8.87. The fraction of sp³-hybridized carbons (Fsp3) is 0.211. The molecule has 0 fully saturated rings. The van der Waals surface area contributed by atoms with Gasteiger partial charge in [-0.2, -0.15) is 0 Å². The summed E-state index contributed by atoms with van der Waals surface area (Å²) < 4.78 is 16.5. The summed E-state index contributed by atoms with van der Waals surface area (Å²) in [5.41, 5.74) is 0. The molecule has 0 bridgehead atoms. The van der Waals surface area contributed by atoms with E-state index in [2.05, 4.69) is 5.32 Å². The number of hydrogen-bond donors (Lipinski definition) is 1. The number of hydrogen-bond acceptors (Lipinski definition) is 5. The van der Waals surface area contributed by atoms with E-state index in [4.69, 9.17) is 13.9 Å². The largest absolute Gasteiger partial charge is 0.494 e. The van der Waals surface area contributed by atoms with Crippen LogP contribution >= 0.6 is 11.3 Å². The lowest BCUT2D eigenvalue weighted by Crippen LogP contribution is -2.28. The van der Waals surface area contributed by atoms with E-state index >= 15 is 0 Å². The lowest BCUT2D eigenvalue weighted by Gasteiger charge is -2.08. The molecule has 0 aliphatic heterocycles. The smallest absolute Gasteiger partial charge is 0.258 e. The number of rotatable bonds is 8. The average molecular weight is 357 g/mol. The second-order valence-electron chi connectivity index (χ2n) is 5.21. The summed E-state index contributed by atoms with van der Waals surface area (Å²) in [6.45, 7) is 2.82. The molecular formula is C19H19NO4S. The van der Waals surface area contributed by atoms with E-state index in [0.717, 1.165) is 16.4 Å². The minimum absolute atomic E-state index is 0.0491. The van der Waals surface area contributed by atoms with Gasteiger partial charge in [0, 0.05) is 0 Å². The van der Waals surface area contributed by atoms with Crippen LogP contribution in [0, 0.1) is 0 Å². The van der Waals surface area contributed by atoms with Crippen LogP contribution in [0.5, 0.6) is 11.5 Å². The Kier molecular flexibility index (Phi) is 5.74. The summed E-state index contributed by atoms with van der Waals surface area (Å²) in [4.78, 5) is 13.0. The molecule has 0 unspecified atom stereocenters. The van der Waals surface area contributed by atoms with E-state index in [1.165, 1.54) is 0 Å². The first-order chi connectivity index (χ1) is 12.2. The van der Waals surface area contributed by atoms with Crippen molar-refractivity contribution >= 4 is 17.2 Å². The van der Waals surface area contributed by atoms with Gasteiger partial charge in [0.1, 0.15) is 23.0 Å². The van der Waals surface area contributed by atoms with Gasteiger partial charge in [0.05, 0.1) is 18.0 Å². The fourth-order valence-electron chi connectivity index (χ4n) is 2.21. The molecule has 2 aromatic heterocycles. The predicted molar refractivity (Wildman–Crippen MR) is 97.0 cm³/mol. The maximum Gasteiger partial charge on any atom is 0.258 e. The van der Waals surface area contributed by atoms with Crippen molar-refractivity contribution in [2.24, 2.45) is 0 Å². The molecule has 0 saturated carbocycles. The van der Waals surface area contributed by atoms with Gasteiger partial charge in [0.25, 0.3) is 5.91 Å². The molecule has 130 valence electrons. The van der Waals surface area contributed by atoms with Gasteiger partial charge >= 0.3 is 0 Å². The molecule has 1 aromatic carbocycles. The molecule has 0 atom stereocenters. The molecule has 0 radical (unpaired) electrons. The quantitative estimate of drug-likeness (QED) is 0.659. The third-order valence-electron chi connectivity index (χ3n) is 3.39. The van der Waals surface area contributed by atoms with Crippen LogP contribution in [0.2, 0.25) is 0 Å². The first kappa shape index (κ1) is 17.1. The van der Waals surface area contributed by atoms with Gasteiger partial charge in [-0.05, 0) is 54.8 Å². The Morgan fingerprint density at radius 2 is 1.84 bits per heavy atom. The molecule has 6 heteroatoms. The molecule has 3 aromatic rings. The number of amides is 1. The molecule has 2 heterocycles. The van der Waals surface area contributed by atoms with Crippen molar-refractivity contribution in [2.45, 2.75) is 13.5 Å². The molecule has 25 heavy (non-hydrogen) atoms. The number of nitrogens with one attached hydrogen (secondary N) is 1. The van der Waals surface area contributed by atoms with Crippen LogP contribution in [0.15, 0.2) is 58.3 Å². The number of carbonyl (C=O) groups is 1. The van der Waals surface area contributed by atoms with Crippen LogP contribution in [-0.2, 0) is 11.3 Å². The van der Waals surface area contributed by atoms with E-state index in [1.54, 1.807) is 23.5 Å². The van der Waals surface area contributed by atoms with Gasteiger partial charge < -0.3 is 19.2 Å². The van der Waals surface area contributed by atoms with Crippen LogP contribution in [-0.4, -0.2) is 19.1 Å². The van der Waals surface area contributed by atoms with Crippen molar-refractivity contribution in [2.75, 3.05) is 13.2 Å². The number of ether oxygens (including phenoxy) is 2. The fourth-order valence-corrected chi connectivity index (χ4v) is 2.90. The first-order valence-electron chi connectivity index (χ1n) is 7.99. The second kappa shape index (κ2) is 8.39. The minimum atomic E-state index is -0.206. The van der Waals surface area contributed by atoms with E-state index in [0.29, 0.717) is 24.7 Å². The standard InChI is InChI=1S/C19H19NO4S/c1-2-22-14-5-7-15(8-6-14)23-13-19(21)20-12-16-9-10-17(24-16)18-4-3-11-25-18/h3-11H,2,12-13H2,1H3,(H,20,21). The average Bonchev–Trinajstić information content (AvgIpc) is 3.31. The van der Waals surface area contributed by atoms with Gasteiger partial charge in [-0.25, -0.2) is 0 Å². The highest BCUT2D eigenvalue weighted by Crippen LogP contribution is 2.26. The second-order valence-corrected chi connectivity index (χ2v) is 6.16. The van der Waals surface area contributed by atoms with Crippen molar-refractivity contribution in [1.82, 2.24) is 5.32 Å². The van der Waals surface area contributed by atoms with E-state index in [9.17, 15) is 4.79 Å². The maximum atomic E-state index is 11.9. The number of carbonyl (C=O) groups excluding carboxylic acids is 1. The van der Waals surface area contributed by atoms with Crippen molar-refractivity contribution in [3.05, 3.63) is 59.7 Å². The molecular weight excluding hydrogens is 338 g/mol. The lowest BCUT2D eigenvalue weighted by molar-refractivity contribution is -0.123. The summed E-state index contributed by atoms with van der Waals surface area (Å²) in [7, 11) is 0. The van der Waals surface area contributed by atoms with Gasteiger partial charge in [-0.15, -0.1) is 11.3 Å². The van der Waals surface area contributed by atoms with Crippen molar-refractivity contribution in [1.29, 1.82) is 0 Å². The number of thiophene rings is 1. The molecule has 1 amide bonds. The Balaban J connectivity index is 1.43. The molecule has 1 N–H and O–H groups in total. The Bertz CT molecular complexity index is 793. The van der Waals surface area contributed by atoms with Gasteiger partial charge in [-0.3, -0.25) is 4.79 Å². The summed E-state index contributed by atoms with van der Waals surface area (Å²) in [6, 6.07) is 14.9. The monoisotopic (exact) mass is 357 g/mol. The Morgan fingerprint density at radius 3 is 2.52 bits per heavy atom. The molecule has 3 rings (SSSR count). The summed E-state index contributed by atoms with van der Waals surface area (Å²) >= 11 is 1.61. The van der Waals surface area contributed by atoms with E-state index in [1.807, 2.05) is 48.7 Å². The lowest BCUT2D eigenvalue weighted by atomic mass is 10.3. The Hall–Kier alpha value is -2.73. The molecule has 5 nitrogen and oxygen atoms in total. The van der Waals surface area contributed by atoms with Crippen LogP contribution in [0.25, 0.3) is 10.6 Å². The SMILES string of the molecule is CCOc1ccc(OCC(=O)NCc2ccc(-c3cccs3)o2)cc1. The molecule has 0 spiro atoms. The highest BCUT2D eigenvalue weighted by molar-refractivity contribution is 7.13. The minimum Gasteiger partial charge on any atom is -0.494 e. The van der Waals surface area contributed by atoms with E-state index in [-0.39, 0.29) is 12.5 Å². The molecule has 0 saturated heterocycles. The maximum absolute atomic E-state index is 11.9. The topological polar surface area (TPSA) is 60.7 Å². The van der Waals surface area contributed by atoms with Crippen LogP contribution < -0.4 is 14.8 Å². The normalized spacial score (nSPS) is 10.4. The Labute approximate surface area is 150 Å². The van der Waals surface area contributed by atoms with Crippen LogP contribution in [0.4, 0.5) is 0 Å². The number of benzene rings is 1.